The lowest BCUT2D eigenvalue weighted by molar-refractivity contribution is 0.727. The fourth-order valence-electron chi connectivity index (χ4n) is 1.99. The van der Waals surface area contributed by atoms with E-state index >= 15 is 0 Å². The van der Waals surface area contributed by atoms with Crippen LogP contribution in [0, 0.1) is 6.92 Å². The quantitative estimate of drug-likeness (QED) is 0.878. The Labute approximate surface area is 129 Å². The van der Waals surface area contributed by atoms with Crippen molar-refractivity contribution in [1.82, 2.24) is 10.3 Å². The second-order valence-corrected chi connectivity index (χ2v) is 6.24. The standard InChI is InChI=1S/C15H20ClN3S/c1-4-17-8-12-5-6-14(7-15(12)16)19(3)9-13-10-20-11(2)18-13/h5-7,10,17H,4,8-9H2,1-3H3. The van der Waals surface area contributed by atoms with Crippen LogP contribution in [0.25, 0.3) is 0 Å². The zero-order valence-electron chi connectivity index (χ0n) is 12.1. The molecule has 0 unspecified atom stereocenters. The van der Waals surface area contributed by atoms with E-state index in [2.05, 4.69) is 46.7 Å². The molecule has 5 heteroatoms. The second kappa shape index (κ2) is 7.07. The van der Waals surface area contributed by atoms with Gasteiger partial charge in [0.2, 0.25) is 0 Å². The fourth-order valence-corrected chi connectivity index (χ4v) is 2.84. The topological polar surface area (TPSA) is 28.2 Å². The number of rotatable bonds is 6. The van der Waals surface area contributed by atoms with Gasteiger partial charge in [0.1, 0.15) is 0 Å². The summed E-state index contributed by atoms with van der Waals surface area (Å²) in [4.78, 5) is 6.65. The van der Waals surface area contributed by atoms with Crippen LogP contribution >= 0.6 is 22.9 Å². The van der Waals surface area contributed by atoms with E-state index in [1.165, 1.54) is 0 Å². The molecule has 0 amide bonds. The molecule has 0 fully saturated rings. The first-order valence-electron chi connectivity index (χ1n) is 6.71. The maximum atomic E-state index is 6.34. The minimum atomic E-state index is 0.799. The number of thiazole rings is 1. The highest BCUT2D eigenvalue weighted by molar-refractivity contribution is 7.09. The van der Waals surface area contributed by atoms with Gasteiger partial charge in [0.25, 0.3) is 0 Å². The van der Waals surface area contributed by atoms with E-state index in [1.54, 1.807) is 11.3 Å². The Morgan fingerprint density at radius 2 is 2.20 bits per heavy atom. The molecular formula is C15H20ClN3S. The summed E-state index contributed by atoms with van der Waals surface area (Å²) in [6, 6.07) is 6.22. The molecule has 0 bridgehead atoms. The van der Waals surface area contributed by atoms with Gasteiger partial charge in [-0.1, -0.05) is 24.6 Å². The normalized spacial score (nSPS) is 10.8. The zero-order valence-corrected chi connectivity index (χ0v) is 13.7. The Bertz CT molecular complexity index is 568. The van der Waals surface area contributed by atoms with Crippen LogP contribution in [0.4, 0.5) is 5.69 Å². The molecule has 1 heterocycles. The molecule has 2 rings (SSSR count). The minimum absolute atomic E-state index is 0.799. The van der Waals surface area contributed by atoms with E-state index in [-0.39, 0.29) is 0 Å². The molecule has 0 saturated carbocycles. The van der Waals surface area contributed by atoms with Gasteiger partial charge >= 0.3 is 0 Å². The molecule has 0 saturated heterocycles. The van der Waals surface area contributed by atoms with Crippen molar-refractivity contribution in [3.63, 3.8) is 0 Å². The van der Waals surface area contributed by atoms with Crippen molar-refractivity contribution in [2.45, 2.75) is 26.9 Å². The predicted octanol–water partition coefficient (Wildman–Crippen LogP) is 3.85. The van der Waals surface area contributed by atoms with Crippen LogP contribution in [0.1, 0.15) is 23.2 Å². The van der Waals surface area contributed by atoms with Crippen LogP contribution in [-0.2, 0) is 13.1 Å². The second-order valence-electron chi connectivity index (χ2n) is 4.77. The Kier molecular flexibility index (Phi) is 5.40. The van der Waals surface area contributed by atoms with E-state index in [0.717, 1.165) is 46.6 Å². The molecule has 20 heavy (non-hydrogen) atoms. The average molecular weight is 310 g/mol. The fraction of sp³-hybridized carbons (Fsp3) is 0.400. The van der Waals surface area contributed by atoms with Gasteiger partial charge < -0.3 is 10.2 Å². The Morgan fingerprint density at radius 1 is 1.40 bits per heavy atom. The zero-order chi connectivity index (χ0) is 14.5. The largest absolute Gasteiger partial charge is 0.369 e. The maximum Gasteiger partial charge on any atom is 0.0898 e. The Hall–Kier alpha value is -1.10. The third-order valence-electron chi connectivity index (χ3n) is 3.11. The molecule has 1 N–H and O–H groups in total. The first kappa shape index (κ1) is 15.3. The summed E-state index contributed by atoms with van der Waals surface area (Å²) in [6.07, 6.45) is 0. The third kappa shape index (κ3) is 3.95. The number of aromatic nitrogens is 1. The van der Waals surface area contributed by atoms with Crippen molar-refractivity contribution < 1.29 is 0 Å². The summed E-state index contributed by atoms with van der Waals surface area (Å²) in [6.45, 7) is 6.67. The highest BCUT2D eigenvalue weighted by Crippen LogP contribution is 2.24. The lowest BCUT2D eigenvalue weighted by Crippen LogP contribution is -2.17. The SMILES string of the molecule is CCNCc1ccc(N(C)Cc2csc(C)n2)cc1Cl. The number of nitrogens with zero attached hydrogens (tertiary/aromatic N) is 2. The summed E-state index contributed by atoms with van der Waals surface area (Å²) < 4.78 is 0. The van der Waals surface area contributed by atoms with Gasteiger partial charge in [-0.25, -0.2) is 4.98 Å². The van der Waals surface area contributed by atoms with Gasteiger partial charge in [-0.2, -0.15) is 0 Å². The van der Waals surface area contributed by atoms with Gasteiger partial charge in [-0.05, 0) is 31.2 Å². The van der Waals surface area contributed by atoms with Crippen LogP contribution < -0.4 is 10.2 Å². The van der Waals surface area contributed by atoms with Gasteiger partial charge in [-0.3, -0.25) is 0 Å². The number of nitrogens with one attached hydrogen (secondary N) is 1. The van der Waals surface area contributed by atoms with Crippen molar-refractivity contribution in [2.75, 3.05) is 18.5 Å². The van der Waals surface area contributed by atoms with Gasteiger partial charge in [0.05, 0.1) is 17.2 Å². The van der Waals surface area contributed by atoms with E-state index in [0.29, 0.717) is 0 Å². The number of halogens is 1. The first-order chi connectivity index (χ1) is 9.60. The molecule has 0 aliphatic heterocycles. The van der Waals surface area contributed by atoms with Gasteiger partial charge in [-0.15, -0.1) is 11.3 Å². The molecule has 0 spiro atoms. The molecule has 0 atom stereocenters. The van der Waals surface area contributed by atoms with E-state index in [1.807, 2.05) is 13.0 Å². The molecule has 0 aliphatic carbocycles. The molecule has 3 nitrogen and oxygen atoms in total. The van der Waals surface area contributed by atoms with E-state index < -0.39 is 0 Å². The average Bonchev–Trinajstić information content (AvgIpc) is 2.82. The van der Waals surface area contributed by atoms with Crippen LogP contribution in [0.2, 0.25) is 5.02 Å². The van der Waals surface area contributed by atoms with Crippen LogP contribution in [0.5, 0.6) is 0 Å². The van der Waals surface area contributed by atoms with Crippen molar-refractivity contribution >= 4 is 28.6 Å². The van der Waals surface area contributed by atoms with E-state index in [9.17, 15) is 0 Å². The molecule has 108 valence electrons. The summed E-state index contributed by atoms with van der Waals surface area (Å²) in [7, 11) is 2.06. The number of aryl methyl sites for hydroxylation is 1. The van der Waals surface area contributed by atoms with Crippen molar-refractivity contribution in [2.24, 2.45) is 0 Å². The van der Waals surface area contributed by atoms with Crippen molar-refractivity contribution in [3.05, 3.63) is 44.9 Å². The first-order valence-corrected chi connectivity index (χ1v) is 7.97. The Morgan fingerprint density at radius 3 is 2.80 bits per heavy atom. The number of hydrogen-bond acceptors (Lipinski definition) is 4. The molecular weight excluding hydrogens is 290 g/mol. The number of hydrogen-bond donors (Lipinski definition) is 1. The monoisotopic (exact) mass is 309 g/mol. The van der Waals surface area contributed by atoms with Gasteiger partial charge in [0.15, 0.2) is 0 Å². The number of benzene rings is 1. The smallest absolute Gasteiger partial charge is 0.0898 e. The van der Waals surface area contributed by atoms with Crippen molar-refractivity contribution in [3.8, 4) is 0 Å². The third-order valence-corrected chi connectivity index (χ3v) is 4.28. The highest BCUT2D eigenvalue weighted by atomic mass is 35.5. The van der Waals surface area contributed by atoms with E-state index in [4.69, 9.17) is 11.6 Å². The Balaban J connectivity index is 2.06. The highest BCUT2D eigenvalue weighted by Gasteiger charge is 2.07. The number of anilines is 1. The minimum Gasteiger partial charge on any atom is -0.369 e. The van der Waals surface area contributed by atoms with Crippen LogP contribution in [0.3, 0.4) is 0 Å². The lowest BCUT2D eigenvalue weighted by atomic mass is 10.2. The van der Waals surface area contributed by atoms with Crippen LogP contribution in [-0.4, -0.2) is 18.6 Å². The van der Waals surface area contributed by atoms with Crippen molar-refractivity contribution in [1.29, 1.82) is 0 Å². The summed E-state index contributed by atoms with van der Waals surface area (Å²) >= 11 is 8.02. The predicted molar refractivity (Wildman–Crippen MR) is 87.8 cm³/mol. The molecule has 0 radical (unpaired) electrons. The van der Waals surface area contributed by atoms with Crippen LogP contribution in [0.15, 0.2) is 23.6 Å². The summed E-state index contributed by atoms with van der Waals surface area (Å²) in [5, 5.41) is 7.31. The maximum absolute atomic E-state index is 6.34. The lowest BCUT2D eigenvalue weighted by Gasteiger charge is -2.19. The molecule has 2 aromatic rings. The molecule has 1 aromatic carbocycles. The molecule has 1 aromatic heterocycles. The summed E-state index contributed by atoms with van der Waals surface area (Å²) in [5.41, 5.74) is 3.35. The molecule has 0 aliphatic rings. The summed E-state index contributed by atoms with van der Waals surface area (Å²) in [5.74, 6) is 0. The van der Waals surface area contributed by atoms with Gasteiger partial charge in [0, 0.05) is 29.7 Å².